The highest BCUT2D eigenvalue weighted by molar-refractivity contribution is 7.99. The van der Waals surface area contributed by atoms with E-state index < -0.39 is 6.04 Å². The van der Waals surface area contributed by atoms with Gasteiger partial charge in [-0.2, -0.15) is 0 Å². The average molecular weight is 299 g/mol. The van der Waals surface area contributed by atoms with E-state index in [1.165, 1.54) is 17.8 Å². The van der Waals surface area contributed by atoms with E-state index in [-0.39, 0.29) is 11.5 Å². The summed E-state index contributed by atoms with van der Waals surface area (Å²) in [5, 5.41) is 3.43. The number of aromatic amines is 1. The molecule has 1 unspecified atom stereocenters. The van der Waals surface area contributed by atoms with E-state index in [0.717, 1.165) is 18.5 Å². The summed E-state index contributed by atoms with van der Waals surface area (Å²) in [4.78, 5) is 30.2. The topological polar surface area (TPSA) is 84.1 Å². The zero-order chi connectivity index (χ0) is 15.0. The molecule has 1 heterocycles. The van der Waals surface area contributed by atoms with Crippen molar-refractivity contribution in [1.29, 1.82) is 0 Å². The van der Waals surface area contributed by atoms with Crippen LogP contribution in [0, 0.1) is 0 Å². The van der Waals surface area contributed by atoms with Crippen LogP contribution in [0.4, 0.5) is 0 Å². The summed E-state index contributed by atoms with van der Waals surface area (Å²) in [7, 11) is 1.70. The van der Waals surface area contributed by atoms with Gasteiger partial charge in [0.05, 0.1) is 6.61 Å². The zero-order valence-electron chi connectivity index (χ0n) is 12.1. The molecule has 20 heavy (non-hydrogen) atoms. The minimum atomic E-state index is -0.417. The highest BCUT2D eigenvalue weighted by Gasteiger charge is 2.18. The SMILES string of the molecule is CCCc1cc(=O)[nH]c(SCC(NC)C(=O)OCC)n1. The van der Waals surface area contributed by atoms with Crippen LogP contribution >= 0.6 is 11.8 Å². The fraction of sp³-hybridized carbons (Fsp3) is 0.615. The summed E-state index contributed by atoms with van der Waals surface area (Å²) in [6.07, 6.45) is 1.70. The van der Waals surface area contributed by atoms with E-state index in [1.807, 2.05) is 6.92 Å². The first-order valence-corrected chi connectivity index (χ1v) is 7.66. The van der Waals surface area contributed by atoms with Crippen LogP contribution in [-0.4, -0.2) is 41.4 Å². The molecule has 7 heteroatoms. The van der Waals surface area contributed by atoms with Crippen LogP contribution < -0.4 is 10.9 Å². The highest BCUT2D eigenvalue weighted by atomic mass is 32.2. The smallest absolute Gasteiger partial charge is 0.323 e. The van der Waals surface area contributed by atoms with Crippen molar-refractivity contribution in [1.82, 2.24) is 15.3 Å². The molecular formula is C13H21N3O3S. The molecule has 0 saturated heterocycles. The first kappa shape index (κ1) is 16.7. The number of aryl methyl sites for hydroxylation is 1. The third-order valence-corrected chi connectivity index (χ3v) is 3.55. The Morgan fingerprint density at radius 3 is 2.90 bits per heavy atom. The molecule has 0 amide bonds. The Balaban J connectivity index is 2.68. The first-order valence-electron chi connectivity index (χ1n) is 6.67. The number of hydrogen-bond acceptors (Lipinski definition) is 6. The molecule has 1 aromatic heterocycles. The second-order valence-electron chi connectivity index (χ2n) is 4.20. The van der Waals surface area contributed by atoms with Crippen LogP contribution in [0.15, 0.2) is 16.0 Å². The number of carbonyl (C=O) groups excluding carboxylic acids is 1. The number of carbonyl (C=O) groups is 1. The molecule has 1 aromatic rings. The van der Waals surface area contributed by atoms with Crippen molar-refractivity contribution in [3.05, 3.63) is 22.1 Å². The number of rotatable bonds is 8. The lowest BCUT2D eigenvalue weighted by atomic mass is 10.2. The maximum Gasteiger partial charge on any atom is 0.323 e. The Morgan fingerprint density at radius 2 is 2.30 bits per heavy atom. The normalized spacial score (nSPS) is 12.2. The Bertz CT molecular complexity index is 490. The number of thioether (sulfide) groups is 1. The third-order valence-electron chi connectivity index (χ3n) is 2.59. The van der Waals surface area contributed by atoms with Crippen molar-refractivity contribution >= 4 is 17.7 Å². The molecule has 1 rings (SSSR count). The zero-order valence-corrected chi connectivity index (χ0v) is 12.9. The van der Waals surface area contributed by atoms with Crippen molar-refractivity contribution < 1.29 is 9.53 Å². The number of esters is 1. The summed E-state index contributed by atoms with van der Waals surface area (Å²) in [6, 6.07) is 1.09. The fourth-order valence-electron chi connectivity index (χ4n) is 1.61. The maximum absolute atomic E-state index is 11.6. The van der Waals surface area contributed by atoms with E-state index in [1.54, 1.807) is 14.0 Å². The lowest BCUT2D eigenvalue weighted by Crippen LogP contribution is -2.37. The molecule has 0 aliphatic heterocycles. The lowest BCUT2D eigenvalue weighted by Gasteiger charge is -2.13. The number of aromatic nitrogens is 2. The van der Waals surface area contributed by atoms with E-state index in [9.17, 15) is 9.59 Å². The number of hydrogen-bond donors (Lipinski definition) is 2. The van der Waals surface area contributed by atoms with Crippen LogP contribution in [0.1, 0.15) is 26.0 Å². The van der Waals surface area contributed by atoms with Crippen molar-refractivity contribution in [3.63, 3.8) is 0 Å². The molecule has 0 aromatic carbocycles. The number of nitrogens with one attached hydrogen (secondary N) is 2. The van der Waals surface area contributed by atoms with Crippen LogP contribution in [0.2, 0.25) is 0 Å². The summed E-state index contributed by atoms with van der Waals surface area (Å²) < 4.78 is 4.96. The molecular weight excluding hydrogens is 278 g/mol. The molecule has 1 atom stereocenters. The predicted octanol–water partition coefficient (Wildman–Crippen LogP) is 0.966. The van der Waals surface area contributed by atoms with Crippen molar-refractivity contribution in [3.8, 4) is 0 Å². The lowest BCUT2D eigenvalue weighted by molar-refractivity contribution is -0.144. The molecule has 2 N–H and O–H groups in total. The average Bonchev–Trinajstić information content (AvgIpc) is 2.39. The van der Waals surface area contributed by atoms with E-state index in [0.29, 0.717) is 17.5 Å². The number of likely N-dealkylation sites (N-methyl/N-ethyl adjacent to an activating group) is 1. The fourth-order valence-corrected chi connectivity index (χ4v) is 2.59. The van der Waals surface area contributed by atoms with Crippen molar-refractivity contribution in [2.24, 2.45) is 0 Å². The van der Waals surface area contributed by atoms with Gasteiger partial charge in [0, 0.05) is 17.5 Å². The third kappa shape index (κ3) is 5.34. The van der Waals surface area contributed by atoms with Gasteiger partial charge >= 0.3 is 5.97 Å². The van der Waals surface area contributed by atoms with Crippen LogP contribution in [0.5, 0.6) is 0 Å². The Morgan fingerprint density at radius 1 is 1.55 bits per heavy atom. The Hall–Kier alpha value is -1.34. The van der Waals surface area contributed by atoms with Crippen LogP contribution in [0.3, 0.4) is 0 Å². The highest BCUT2D eigenvalue weighted by Crippen LogP contribution is 2.13. The Labute approximate surface area is 122 Å². The van der Waals surface area contributed by atoms with Crippen molar-refractivity contribution in [2.75, 3.05) is 19.4 Å². The van der Waals surface area contributed by atoms with Crippen LogP contribution in [0.25, 0.3) is 0 Å². The summed E-state index contributed by atoms with van der Waals surface area (Å²) in [5.41, 5.74) is 0.610. The first-order chi connectivity index (χ1) is 9.60. The van der Waals surface area contributed by atoms with Crippen LogP contribution in [-0.2, 0) is 16.0 Å². The van der Waals surface area contributed by atoms with Gasteiger partial charge in [0.25, 0.3) is 5.56 Å². The van der Waals surface area contributed by atoms with Gasteiger partial charge in [0.1, 0.15) is 6.04 Å². The second-order valence-corrected chi connectivity index (χ2v) is 5.20. The van der Waals surface area contributed by atoms with Gasteiger partial charge in [-0.3, -0.25) is 9.59 Å². The van der Waals surface area contributed by atoms with E-state index in [2.05, 4.69) is 15.3 Å². The summed E-state index contributed by atoms with van der Waals surface area (Å²) in [5.74, 6) is 0.156. The maximum atomic E-state index is 11.6. The van der Waals surface area contributed by atoms with E-state index >= 15 is 0 Å². The number of ether oxygens (including phenoxy) is 1. The molecule has 0 fully saturated rings. The van der Waals surface area contributed by atoms with Gasteiger partial charge in [-0.25, -0.2) is 4.98 Å². The quantitative estimate of drug-likeness (QED) is 0.423. The molecule has 6 nitrogen and oxygen atoms in total. The minimum absolute atomic E-state index is 0.164. The van der Waals surface area contributed by atoms with Gasteiger partial charge in [-0.15, -0.1) is 0 Å². The minimum Gasteiger partial charge on any atom is -0.465 e. The second kappa shape index (κ2) is 8.76. The largest absolute Gasteiger partial charge is 0.465 e. The Kier molecular flexibility index (Phi) is 7.32. The molecule has 0 radical (unpaired) electrons. The molecule has 0 aliphatic rings. The molecule has 0 bridgehead atoms. The van der Waals surface area contributed by atoms with Gasteiger partial charge in [-0.05, 0) is 20.4 Å². The van der Waals surface area contributed by atoms with Gasteiger partial charge in [0.15, 0.2) is 5.16 Å². The van der Waals surface area contributed by atoms with Gasteiger partial charge in [-0.1, -0.05) is 25.1 Å². The standard InChI is InChI=1S/C13H21N3O3S/c1-4-6-9-7-11(17)16-13(15-9)20-8-10(14-3)12(18)19-5-2/h7,10,14H,4-6,8H2,1-3H3,(H,15,16,17). The molecule has 0 saturated carbocycles. The summed E-state index contributed by atoms with van der Waals surface area (Å²) >= 11 is 1.33. The molecule has 0 spiro atoms. The van der Waals surface area contributed by atoms with Gasteiger partial charge < -0.3 is 15.0 Å². The molecule has 112 valence electrons. The van der Waals surface area contributed by atoms with Crippen molar-refractivity contribution in [2.45, 2.75) is 37.9 Å². The number of H-pyrrole nitrogens is 1. The van der Waals surface area contributed by atoms with E-state index in [4.69, 9.17) is 4.74 Å². The predicted molar refractivity (Wildman–Crippen MR) is 79.1 cm³/mol. The summed E-state index contributed by atoms with van der Waals surface area (Å²) in [6.45, 7) is 4.15. The number of nitrogens with zero attached hydrogens (tertiary/aromatic N) is 1. The van der Waals surface area contributed by atoms with Gasteiger partial charge in [0.2, 0.25) is 0 Å². The molecule has 0 aliphatic carbocycles. The monoisotopic (exact) mass is 299 g/mol.